The van der Waals surface area contributed by atoms with Crippen molar-refractivity contribution in [1.29, 1.82) is 0 Å². The van der Waals surface area contributed by atoms with E-state index in [4.69, 9.17) is 4.79 Å². The predicted molar refractivity (Wildman–Crippen MR) is 5.69 cm³/mol. The van der Waals surface area contributed by atoms with Gasteiger partial charge in [-0.15, -0.1) is 0 Å². The molecule has 4 heavy (non-hydrogen) atoms. The molecule has 0 heterocycles. The normalized spacial score (nSPS) is 1.75. The fraction of sp³-hybridized carbons (Fsp3) is 0. The van der Waals surface area contributed by atoms with Crippen molar-refractivity contribution >= 4 is 3.57 Å². The monoisotopic (exact) mass is 174 g/mol. The first-order chi connectivity index (χ1) is 1.41. The van der Waals surface area contributed by atoms with Crippen LogP contribution in [0.15, 0.2) is 0 Å². The molecule has 0 aromatic rings. The van der Waals surface area contributed by atoms with Gasteiger partial charge in [-0.25, -0.2) is 0 Å². The molecule has 0 aromatic carbocycles. The Morgan fingerprint density at radius 3 is 1.75 bits per heavy atom. The minimum Gasteiger partial charge on any atom is 0 e. The van der Waals surface area contributed by atoms with Crippen molar-refractivity contribution in [3.8, 4) is 0 Å². The van der Waals surface area contributed by atoms with Crippen molar-refractivity contribution in [3.63, 3.8) is 0 Å². The molecule has 0 unspecified atom stereocenters. The Hall–Kier alpha value is 0.983. The average molecular weight is 175 g/mol. The molecule has 0 aliphatic carbocycles. The second-order valence-corrected chi connectivity index (χ2v) is 0.604. The van der Waals surface area contributed by atoms with Gasteiger partial charge in [0.05, 0.1) is 0 Å². The van der Waals surface area contributed by atoms with Crippen LogP contribution in [-0.2, 0) is 46.1 Å². The quantitative estimate of drug-likeness (QED) is 0.458. The molecule has 0 aliphatic rings. The Balaban J connectivity index is 0. The molecule has 0 spiro atoms. The molecule has 0 aliphatic heterocycles. The topological polar surface area (TPSA) is 17.1 Å². The molecule has 0 saturated carbocycles. The molecule has 0 saturated heterocycles. The smallest absolute Gasteiger partial charge is 0 e. The van der Waals surface area contributed by atoms with Gasteiger partial charge >= 0.3 is 32.6 Å². The van der Waals surface area contributed by atoms with Crippen molar-refractivity contribution in [2.75, 3.05) is 0 Å². The summed E-state index contributed by atoms with van der Waals surface area (Å²) in [6, 6.07) is 0. The van der Waals surface area contributed by atoms with Gasteiger partial charge in [-0.3, -0.25) is 0 Å². The van der Waals surface area contributed by atoms with E-state index >= 15 is 0 Å². The summed E-state index contributed by atoms with van der Waals surface area (Å²) in [7, 11) is 0. The van der Waals surface area contributed by atoms with E-state index in [1.807, 2.05) is 0 Å². The molecule has 0 atom stereocenters. The minimum atomic E-state index is 0. The average Bonchev–Trinajstić information content (AvgIpc) is 0.918. The van der Waals surface area contributed by atoms with Gasteiger partial charge in [-0.1, -0.05) is 0 Å². The van der Waals surface area contributed by atoms with Crippen molar-refractivity contribution in [2.24, 2.45) is 0 Å². The van der Waals surface area contributed by atoms with Gasteiger partial charge in [0.15, 0.2) is 0 Å². The molecular weight excluding hydrogens is 175 g/mol. The van der Waals surface area contributed by atoms with Crippen LogP contribution in [0.2, 0.25) is 0 Å². The second-order valence-electron chi connectivity index (χ2n) is 0.102. The van der Waals surface area contributed by atoms with Gasteiger partial charge in [0.1, 0.15) is 0 Å². The van der Waals surface area contributed by atoms with Crippen LogP contribution in [0.3, 0.4) is 0 Å². The number of hydrogen-bond acceptors (Lipinski definition) is 1. The summed E-state index contributed by atoms with van der Waals surface area (Å²) < 4.78 is 1.59. The van der Waals surface area contributed by atoms with E-state index < -0.39 is 0 Å². The molecule has 22 valence electrons. The maximum absolute atomic E-state index is 8.72. The van der Waals surface area contributed by atoms with E-state index in [1.54, 1.807) is 3.57 Å². The first kappa shape index (κ1) is 8.88. The molecule has 0 N–H and O–H groups in total. The molecule has 0 aromatic heterocycles. The molecule has 0 amide bonds. The summed E-state index contributed by atoms with van der Waals surface area (Å²) in [4.78, 5) is 8.72. The molecule has 0 bridgehead atoms. The van der Waals surface area contributed by atoms with Crippen molar-refractivity contribution in [1.82, 2.24) is 0 Å². The van der Waals surface area contributed by atoms with Gasteiger partial charge in [0, 0.05) is 17.1 Å². The van der Waals surface area contributed by atoms with Crippen molar-refractivity contribution in [2.45, 2.75) is 0 Å². The fourth-order valence-electron chi connectivity index (χ4n) is 0. The molecule has 0 rings (SSSR count). The summed E-state index contributed by atoms with van der Waals surface area (Å²) in [6.07, 6.45) is 0. The van der Waals surface area contributed by atoms with Crippen LogP contribution in [-0.4, -0.2) is 3.57 Å². The van der Waals surface area contributed by atoms with Crippen LogP contribution < -0.4 is 0 Å². The van der Waals surface area contributed by atoms with E-state index in [2.05, 4.69) is 0 Å². The summed E-state index contributed by atoms with van der Waals surface area (Å²) in [5, 5.41) is 0. The van der Waals surface area contributed by atoms with Crippen LogP contribution in [0, 0.1) is 0 Å². The van der Waals surface area contributed by atoms with Gasteiger partial charge in [-0.05, 0) is 0 Å². The van der Waals surface area contributed by atoms with Gasteiger partial charge in [-0.2, -0.15) is 0 Å². The molecule has 1 nitrogen and oxygen atoms in total. The molecule has 0 radical (unpaired) electrons. The van der Waals surface area contributed by atoms with Crippen molar-refractivity contribution in [3.05, 3.63) is 0 Å². The van der Waals surface area contributed by atoms with Crippen LogP contribution in [0.1, 0.15) is 0 Å². The summed E-state index contributed by atoms with van der Waals surface area (Å²) >= 11 is 0.829. The van der Waals surface area contributed by atoms with Gasteiger partial charge in [0.25, 0.3) is 0 Å². The first-order valence-corrected chi connectivity index (χ1v) is 1.68. The summed E-state index contributed by atoms with van der Waals surface area (Å²) in [5.41, 5.74) is 0. The Kier molecular flexibility index (Phi) is 20.0. The third-order valence-electron chi connectivity index (χ3n) is 0. The van der Waals surface area contributed by atoms with E-state index in [1.165, 1.54) is 0 Å². The maximum atomic E-state index is 8.72. The van der Waals surface area contributed by atoms with E-state index in [0.717, 1.165) is 24.2 Å². The zero-order valence-electron chi connectivity index (χ0n) is 1.76. The van der Waals surface area contributed by atoms with Crippen LogP contribution in [0.25, 0.3) is 0 Å². The Morgan fingerprint density at radius 2 is 1.75 bits per heavy atom. The number of hydrogen-bond donors (Lipinski definition) is 0. The van der Waals surface area contributed by atoms with Crippen molar-refractivity contribution < 1.29 is 46.1 Å². The van der Waals surface area contributed by atoms with E-state index in [9.17, 15) is 0 Å². The van der Waals surface area contributed by atoms with Crippen LogP contribution >= 0.6 is 0 Å². The van der Waals surface area contributed by atoms with Gasteiger partial charge in [0.2, 0.25) is 0 Å². The Morgan fingerprint density at radius 1 is 1.75 bits per heavy atom. The predicted octanol–water partition coefficient (Wildman–Crippen LogP) is -0.402. The third-order valence-corrected chi connectivity index (χ3v) is 0. The third kappa shape index (κ3) is 12.1. The summed E-state index contributed by atoms with van der Waals surface area (Å²) in [5.74, 6) is 0. The largest absolute Gasteiger partial charge is 0 e. The van der Waals surface area contributed by atoms with Gasteiger partial charge < -0.3 is 0 Å². The van der Waals surface area contributed by atoms with Crippen LogP contribution in [0.5, 0.6) is 0 Å². The minimum absolute atomic E-state index is 0. The van der Waals surface area contributed by atoms with E-state index in [0.29, 0.717) is 0 Å². The zero-order valence-corrected chi connectivity index (χ0v) is 5.32. The number of carbonyl (C=O) groups excluding carboxylic acids is 1. The molecular formula is CFeOZr. The second kappa shape index (κ2) is 9.01. The number of rotatable bonds is 0. The Labute approximate surface area is 49.6 Å². The molecule has 0 fully saturated rings. The van der Waals surface area contributed by atoms with Crippen LogP contribution in [0.4, 0.5) is 0 Å². The standard InChI is InChI=1S/CO.Fe.Zr/c1-2;;. The summed E-state index contributed by atoms with van der Waals surface area (Å²) in [6.45, 7) is 0. The molecule has 3 heteroatoms. The maximum Gasteiger partial charge on any atom is 0 e. The Bertz CT molecular complexity index is 29.0. The zero-order chi connectivity index (χ0) is 2.71. The van der Waals surface area contributed by atoms with E-state index in [-0.39, 0.29) is 17.1 Å². The fourth-order valence-corrected chi connectivity index (χ4v) is 0. The first-order valence-electron chi connectivity index (χ1n) is 0.454. The SMILES string of the molecule is O=[C]=[Zr].[Fe].